The Labute approximate surface area is 128 Å². The summed E-state index contributed by atoms with van der Waals surface area (Å²) in [6.45, 7) is 2.90. The molecular formula is C18H29NO2. The zero-order chi connectivity index (χ0) is 15.3. The Hall–Kier alpha value is -0.900. The van der Waals surface area contributed by atoms with Crippen LogP contribution in [0.3, 0.4) is 0 Å². The van der Waals surface area contributed by atoms with Crippen LogP contribution in [0.15, 0.2) is 24.3 Å². The monoisotopic (exact) mass is 291 g/mol. The second-order valence-corrected chi connectivity index (χ2v) is 6.09. The summed E-state index contributed by atoms with van der Waals surface area (Å²) in [5, 5.41) is 0. The molecule has 0 amide bonds. The molecule has 0 saturated heterocycles. The lowest BCUT2D eigenvalue weighted by Crippen LogP contribution is -2.39. The number of methoxy groups -OCH3 is 2. The predicted molar refractivity (Wildman–Crippen MR) is 86.3 cm³/mol. The summed E-state index contributed by atoms with van der Waals surface area (Å²) in [5.74, 6) is 0.699. The Morgan fingerprint density at radius 1 is 1.14 bits per heavy atom. The first kappa shape index (κ1) is 16.5. The molecule has 1 aromatic carbocycles. The lowest BCUT2D eigenvalue weighted by atomic mass is 9.75. The number of aryl methyl sites for hydroxylation is 1. The Morgan fingerprint density at radius 2 is 1.71 bits per heavy atom. The molecule has 1 aliphatic rings. The first-order valence-corrected chi connectivity index (χ1v) is 8.07. The molecule has 0 aliphatic heterocycles. The highest BCUT2D eigenvalue weighted by Gasteiger charge is 2.37. The maximum absolute atomic E-state index is 6.08. The van der Waals surface area contributed by atoms with Gasteiger partial charge in [0.15, 0.2) is 5.79 Å². The molecule has 1 aliphatic carbocycles. The third-order valence-electron chi connectivity index (χ3n) is 5.18. The van der Waals surface area contributed by atoms with E-state index in [4.69, 9.17) is 15.2 Å². The molecule has 1 unspecified atom stereocenters. The van der Waals surface area contributed by atoms with Gasteiger partial charge < -0.3 is 15.2 Å². The number of benzene rings is 1. The van der Waals surface area contributed by atoms with Gasteiger partial charge in [0.1, 0.15) is 0 Å². The van der Waals surface area contributed by atoms with Gasteiger partial charge in [-0.25, -0.2) is 0 Å². The van der Waals surface area contributed by atoms with E-state index in [0.717, 1.165) is 32.1 Å². The van der Waals surface area contributed by atoms with Crippen molar-refractivity contribution < 1.29 is 9.47 Å². The minimum absolute atomic E-state index is 0.373. The minimum atomic E-state index is -0.373. The number of hydrogen-bond donors (Lipinski definition) is 1. The number of rotatable bonds is 6. The number of hydrogen-bond acceptors (Lipinski definition) is 3. The van der Waals surface area contributed by atoms with Gasteiger partial charge in [0.05, 0.1) is 0 Å². The van der Waals surface area contributed by atoms with E-state index in [1.807, 2.05) is 0 Å². The van der Waals surface area contributed by atoms with Crippen LogP contribution < -0.4 is 5.73 Å². The van der Waals surface area contributed by atoms with Crippen LogP contribution in [0.4, 0.5) is 0 Å². The van der Waals surface area contributed by atoms with E-state index < -0.39 is 0 Å². The van der Waals surface area contributed by atoms with Crippen LogP contribution in [-0.2, 0) is 15.9 Å². The summed E-state index contributed by atoms with van der Waals surface area (Å²) in [5.41, 5.74) is 8.84. The molecule has 1 aromatic rings. The van der Waals surface area contributed by atoms with Crippen LogP contribution in [0.5, 0.6) is 0 Å². The molecular weight excluding hydrogens is 262 g/mol. The van der Waals surface area contributed by atoms with Gasteiger partial charge in [-0.2, -0.15) is 0 Å². The van der Waals surface area contributed by atoms with E-state index in [0.29, 0.717) is 18.4 Å². The van der Waals surface area contributed by atoms with E-state index in [2.05, 4.69) is 31.2 Å². The van der Waals surface area contributed by atoms with E-state index >= 15 is 0 Å². The van der Waals surface area contributed by atoms with Crippen molar-refractivity contribution in [2.45, 2.75) is 50.7 Å². The van der Waals surface area contributed by atoms with Gasteiger partial charge in [-0.3, -0.25) is 0 Å². The quantitative estimate of drug-likeness (QED) is 0.816. The Bertz CT molecular complexity index is 415. The van der Waals surface area contributed by atoms with Crippen molar-refractivity contribution >= 4 is 0 Å². The summed E-state index contributed by atoms with van der Waals surface area (Å²) >= 11 is 0. The molecule has 3 nitrogen and oxygen atoms in total. The zero-order valence-electron chi connectivity index (χ0n) is 13.6. The highest BCUT2D eigenvalue weighted by Crippen LogP contribution is 2.41. The summed E-state index contributed by atoms with van der Waals surface area (Å²) < 4.78 is 11.1. The standard InChI is InChI=1S/C18H29NO2/c1-4-14-5-7-15(8-6-14)17(13-19)16-9-11-18(20-2,21-3)12-10-16/h5-8,16-17H,4,9-13,19H2,1-3H3. The molecule has 1 atom stereocenters. The normalized spacial score (nSPS) is 20.4. The largest absolute Gasteiger partial charge is 0.353 e. The molecule has 21 heavy (non-hydrogen) atoms. The number of nitrogens with two attached hydrogens (primary N) is 1. The summed E-state index contributed by atoms with van der Waals surface area (Å²) in [4.78, 5) is 0. The second-order valence-electron chi connectivity index (χ2n) is 6.09. The van der Waals surface area contributed by atoms with Crippen LogP contribution in [-0.4, -0.2) is 26.6 Å². The topological polar surface area (TPSA) is 44.5 Å². The van der Waals surface area contributed by atoms with E-state index in [-0.39, 0.29) is 5.79 Å². The van der Waals surface area contributed by atoms with Crippen LogP contribution in [0.25, 0.3) is 0 Å². The van der Waals surface area contributed by atoms with Gasteiger partial charge in [0.2, 0.25) is 0 Å². The first-order chi connectivity index (χ1) is 10.2. The van der Waals surface area contributed by atoms with E-state index in [1.165, 1.54) is 11.1 Å². The molecule has 2 rings (SSSR count). The molecule has 0 radical (unpaired) electrons. The summed E-state index contributed by atoms with van der Waals surface area (Å²) in [6, 6.07) is 8.97. The van der Waals surface area contributed by atoms with Crippen LogP contribution in [0.1, 0.15) is 49.7 Å². The van der Waals surface area contributed by atoms with Crippen LogP contribution in [0, 0.1) is 5.92 Å². The van der Waals surface area contributed by atoms with Gasteiger partial charge in [0.25, 0.3) is 0 Å². The Balaban J connectivity index is 2.05. The fourth-order valence-corrected chi connectivity index (χ4v) is 3.58. The summed E-state index contributed by atoms with van der Waals surface area (Å²) in [6.07, 6.45) is 5.21. The van der Waals surface area contributed by atoms with Crippen molar-refractivity contribution in [3.05, 3.63) is 35.4 Å². The van der Waals surface area contributed by atoms with Gasteiger partial charge in [-0.05, 0) is 48.8 Å². The maximum Gasteiger partial charge on any atom is 0.167 e. The molecule has 118 valence electrons. The predicted octanol–water partition coefficient (Wildman–Crippen LogP) is 3.47. The third-order valence-corrected chi connectivity index (χ3v) is 5.18. The highest BCUT2D eigenvalue weighted by molar-refractivity contribution is 5.26. The molecule has 0 aromatic heterocycles. The maximum atomic E-state index is 6.08. The lowest BCUT2D eigenvalue weighted by molar-refractivity contribution is -0.228. The average Bonchev–Trinajstić information content (AvgIpc) is 2.57. The van der Waals surface area contributed by atoms with Crippen molar-refractivity contribution in [3.8, 4) is 0 Å². The molecule has 1 saturated carbocycles. The van der Waals surface area contributed by atoms with Crippen LogP contribution in [0.2, 0.25) is 0 Å². The Morgan fingerprint density at radius 3 is 2.14 bits per heavy atom. The second kappa shape index (κ2) is 7.39. The van der Waals surface area contributed by atoms with E-state index in [9.17, 15) is 0 Å². The fraction of sp³-hybridized carbons (Fsp3) is 0.667. The third kappa shape index (κ3) is 3.65. The molecule has 0 bridgehead atoms. The van der Waals surface area contributed by atoms with Gasteiger partial charge in [0, 0.05) is 27.1 Å². The number of ether oxygens (including phenoxy) is 2. The van der Waals surface area contributed by atoms with Crippen molar-refractivity contribution in [3.63, 3.8) is 0 Å². The van der Waals surface area contributed by atoms with Gasteiger partial charge >= 0.3 is 0 Å². The minimum Gasteiger partial charge on any atom is -0.353 e. The van der Waals surface area contributed by atoms with Crippen molar-refractivity contribution in [1.82, 2.24) is 0 Å². The SMILES string of the molecule is CCc1ccc(C(CN)C2CCC(OC)(OC)CC2)cc1. The Kier molecular flexibility index (Phi) is 5.80. The van der Waals surface area contributed by atoms with Crippen molar-refractivity contribution in [2.75, 3.05) is 20.8 Å². The molecule has 1 fully saturated rings. The van der Waals surface area contributed by atoms with Crippen molar-refractivity contribution in [1.29, 1.82) is 0 Å². The van der Waals surface area contributed by atoms with Crippen LogP contribution >= 0.6 is 0 Å². The average molecular weight is 291 g/mol. The lowest BCUT2D eigenvalue weighted by Gasteiger charge is -2.40. The smallest absolute Gasteiger partial charge is 0.167 e. The first-order valence-electron chi connectivity index (χ1n) is 8.07. The van der Waals surface area contributed by atoms with E-state index in [1.54, 1.807) is 14.2 Å². The van der Waals surface area contributed by atoms with Crippen molar-refractivity contribution in [2.24, 2.45) is 11.7 Å². The summed E-state index contributed by atoms with van der Waals surface area (Å²) in [7, 11) is 3.49. The molecule has 0 spiro atoms. The fourth-order valence-electron chi connectivity index (χ4n) is 3.58. The molecule has 2 N–H and O–H groups in total. The molecule has 3 heteroatoms. The highest BCUT2D eigenvalue weighted by atomic mass is 16.7. The zero-order valence-corrected chi connectivity index (χ0v) is 13.6. The van der Waals surface area contributed by atoms with Gasteiger partial charge in [-0.15, -0.1) is 0 Å². The molecule has 0 heterocycles. The van der Waals surface area contributed by atoms with Gasteiger partial charge in [-0.1, -0.05) is 31.2 Å².